The van der Waals surface area contributed by atoms with Gasteiger partial charge in [-0.05, 0) is 37.1 Å². The SMILES string of the molecule is Cc1nc(C)c(-c2ccccc2)c(-c2ccc(F)cc2)c1/C=C/C(O)CC(=O)CC(=O)O. The zero-order valence-electron chi connectivity index (χ0n) is 17.9. The molecule has 0 fully saturated rings. The number of nitrogens with zero attached hydrogens (tertiary/aromatic N) is 1. The average Bonchev–Trinajstić information content (AvgIpc) is 2.73. The maximum atomic E-state index is 13.6. The van der Waals surface area contributed by atoms with Crippen LogP contribution in [0.15, 0.2) is 60.7 Å². The number of aliphatic hydroxyl groups excluding tert-OH is 1. The molecule has 0 saturated heterocycles. The van der Waals surface area contributed by atoms with Crippen LogP contribution in [0.3, 0.4) is 0 Å². The van der Waals surface area contributed by atoms with Crippen molar-refractivity contribution in [1.82, 2.24) is 4.98 Å². The van der Waals surface area contributed by atoms with Crippen LogP contribution in [0.1, 0.15) is 29.8 Å². The fourth-order valence-corrected chi connectivity index (χ4v) is 3.69. The molecule has 0 aliphatic heterocycles. The van der Waals surface area contributed by atoms with E-state index < -0.39 is 24.3 Å². The molecule has 6 heteroatoms. The van der Waals surface area contributed by atoms with Crippen molar-refractivity contribution in [2.24, 2.45) is 0 Å². The Labute approximate surface area is 185 Å². The number of pyridine rings is 1. The standard InChI is InChI=1S/C26H24FNO4/c1-16-23(13-12-21(29)14-22(30)15-24(31)32)26(19-8-10-20(27)11-9-19)25(17(2)28-16)18-6-4-3-5-7-18/h3-13,21,29H,14-15H2,1-2H3,(H,31,32)/b13-12+. The topological polar surface area (TPSA) is 87.5 Å². The summed E-state index contributed by atoms with van der Waals surface area (Å²) in [5.74, 6) is -2.13. The molecule has 1 unspecified atom stereocenters. The van der Waals surface area contributed by atoms with E-state index in [9.17, 15) is 19.1 Å². The van der Waals surface area contributed by atoms with Gasteiger partial charge in [0.2, 0.25) is 0 Å². The molecular formula is C26H24FNO4. The molecule has 32 heavy (non-hydrogen) atoms. The summed E-state index contributed by atoms with van der Waals surface area (Å²) in [6.07, 6.45) is 1.09. The molecular weight excluding hydrogens is 409 g/mol. The van der Waals surface area contributed by atoms with Crippen LogP contribution in [0.2, 0.25) is 0 Å². The summed E-state index contributed by atoms with van der Waals surface area (Å²) in [6.45, 7) is 3.76. The number of rotatable bonds is 8. The highest BCUT2D eigenvalue weighted by molar-refractivity contribution is 5.95. The van der Waals surface area contributed by atoms with Crippen LogP contribution in [-0.4, -0.2) is 33.1 Å². The second-order valence-electron chi connectivity index (χ2n) is 7.56. The van der Waals surface area contributed by atoms with Crippen LogP contribution in [-0.2, 0) is 9.59 Å². The third-order valence-corrected chi connectivity index (χ3v) is 5.07. The molecule has 0 radical (unpaired) electrons. The van der Waals surface area contributed by atoms with E-state index in [1.54, 1.807) is 18.2 Å². The minimum Gasteiger partial charge on any atom is -0.481 e. The van der Waals surface area contributed by atoms with Gasteiger partial charge in [0.05, 0.1) is 6.10 Å². The third-order valence-electron chi connectivity index (χ3n) is 5.07. The van der Waals surface area contributed by atoms with Gasteiger partial charge in [0.15, 0.2) is 0 Å². The van der Waals surface area contributed by atoms with Gasteiger partial charge >= 0.3 is 5.97 Å². The lowest BCUT2D eigenvalue weighted by Gasteiger charge is -2.18. The average molecular weight is 433 g/mol. The van der Waals surface area contributed by atoms with Gasteiger partial charge in [0, 0.05) is 34.5 Å². The lowest BCUT2D eigenvalue weighted by Crippen LogP contribution is -2.14. The number of aliphatic hydroxyl groups is 1. The van der Waals surface area contributed by atoms with Crippen LogP contribution in [0.5, 0.6) is 0 Å². The number of aromatic nitrogens is 1. The van der Waals surface area contributed by atoms with Gasteiger partial charge in [-0.3, -0.25) is 14.6 Å². The summed E-state index contributed by atoms with van der Waals surface area (Å²) in [7, 11) is 0. The Morgan fingerprint density at radius 3 is 2.22 bits per heavy atom. The maximum absolute atomic E-state index is 13.6. The van der Waals surface area contributed by atoms with Gasteiger partial charge in [-0.1, -0.05) is 54.6 Å². The Morgan fingerprint density at radius 2 is 1.59 bits per heavy atom. The smallest absolute Gasteiger partial charge is 0.310 e. The summed E-state index contributed by atoms with van der Waals surface area (Å²) in [5, 5.41) is 19.0. The molecule has 5 nitrogen and oxygen atoms in total. The van der Waals surface area contributed by atoms with Gasteiger partial charge in [-0.15, -0.1) is 0 Å². The second kappa shape index (κ2) is 10.1. The molecule has 3 aromatic rings. The first kappa shape index (κ1) is 23.0. The van der Waals surface area contributed by atoms with Crippen LogP contribution in [0.4, 0.5) is 4.39 Å². The molecule has 1 atom stereocenters. The van der Waals surface area contributed by atoms with Crippen molar-refractivity contribution in [3.05, 3.63) is 83.4 Å². The molecule has 2 N–H and O–H groups in total. The van der Waals surface area contributed by atoms with Crippen LogP contribution >= 0.6 is 0 Å². The fourth-order valence-electron chi connectivity index (χ4n) is 3.69. The lowest BCUT2D eigenvalue weighted by atomic mass is 9.88. The summed E-state index contributed by atoms with van der Waals surface area (Å²) in [4.78, 5) is 27.1. The van der Waals surface area contributed by atoms with E-state index >= 15 is 0 Å². The fraction of sp³-hybridized carbons (Fsp3) is 0.192. The van der Waals surface area contributed by atoms with Gasteiger partial charge < -0.3 is 10.2 Å². The van der Waals surface area contributed by atoms with Crippen molar-refractivity contribution in [2.45, 2.75) is 32.8 Å². The van der Waals surface area contributed by atoms with E-state index in [1.807, 2.05) is 44.2 Å². The molecule has 0 aliphatic rings. The van der Waals surface area contributed by atoms with E-state index in [2.05, 4.69) is 4.98 Å². The number of carboxylic acids is 1. The molecule has 3 rings (SSSR count). The number of carbonyl (C=O) groups excluding carboxylic acids is 1. The highest BCUT2D eigenvalue weighted by Gasteiger charge is 2.18. The monoisotopic (exact) mass is 433 g/mol. The number of hydrogen-bond acceptors (Lipinski definition) is 4. The molecule has 1 heterocycles. The Kier molecular flexibility index (Phi) is 7.28. The normalized spacial score (nSPS) is 12.1. The van der Waals surface area contributed by atoms with Crippen molar-refractivity contribution in [2.75, 3.05) is 0 Å². The molecule has 0 aliphatic carbocycles. The molecule has 164 valence electrons. The van der Waals surface area contributed by atoms with Crippen molar-refractivity contribution in [1.29, 1.82) is 0 Å². The Hall–Kier alpha value is -3.64. The largest absolute Gasteiger partial charge is 0.481 e. The maximum Gasteiger partial charge on any atom is 0.310 e. The first-order valence-corrected chi connectivity index (χ1v) is 10.2. The van der Waals surface area contributed by atoms with E-state index in [0.717, 1.165) is 33.5 Å². The number of hydrogen-bond donors (Lipinski definition) is 2. The minimum atomic E-state index is -1.23. The molecule has 1 aromatic heterocycles. The van der Waals surface area contributed by atoms with E-state index in [4.69, 9.17) is 5.11 Å². The zero-order valence-corrected chi connectivity index (χ0v) is 17.9. The first-order valence-electron chi connectivity index (χ1n) is 10.2. The van der Waals surface area contributed by atoms with E-state index in [-0.39, 0.29) is 12.2 Å². The van der Waals surface area contributed by atoms with Gasteiger partial charge in [-0.25, -0.2) is 4.39 Å². The molecule has 0 bridgehead atoms. The van der Waals surface area contributed by atoms with Crippen molar-refractivity contribution < 1.29 is 24.2 Å². The van der Waals surface area contributed by atoms with E-state index in [1.165, 1.54) is 18.2 Å². The Balaban J connectivity index is 2.12. The van der Waals surface area contributed by atoms with Crippen LogP contribution in [0, 0.1) is 19.7 Å². The summed E-state index contributed by atoms with van der Waals surface area (Å²) in [6, 6.07) is 15.9. The number of carbonyl (C=O) groups is 2. The predicted molar refractivity (Wildman–Crippen MR) is 121 cm³/mol. The van der Waals surface area contributed by atoms with Crippen molar-refractivity contribution >= 4 is 17.8 Å². The zero-order chi connectivity index (χ0) is 23.3. The Morgan fingerprint density at radius 1 is 0.969 bits per heavy atom. The van der Waals surface area contributed by atoms with Crippen molar-refractivity contribution in [3.63, 3.8) is 0 Å². The number of carboxylic acid groups (broad SMARTS) is 1. The molecule has 0 spiro atoms. The summed E-state index contributed by atoms with van der Waals surface area (Å²) >= 11 is 0. The highest BCUT2D eigenvalue weighted by atomic mass is 19.1. The Bertz CT molecular complexity index is 1150. The van der Waals surface area contributed by atoms with Crippen LogP contribution < -0.4 is 0 Å². The minimum absolute atomic E-state index is 0.293. The molecule has 0 amide bonds. The third kappa shape index (κ3) is 5.53. The predicted octanol–water partition coefficient (Wildman–Crippen LogP) is 4.98. The summed E-state index contributed by atoms with van der Waals surface area (Å²) in [5.41, 5.74) is 5.70. The van der Waals surface area contributed by atoms with Gasteiger partial charge in [0.1, 0.15) is 18.0 Å². The number of aryl methyl sites for hydroxylation is 2. The number of Topliss-reactive ketones (excluding diaryl/α,β-unsaturated/α-hetero) is 1. The summed E-state index contributed by atoms with van der Waals surface area (Å²) < 4.78 is 13.6. The highest BCUT2D eigenvalue weighted by Crippen LogP contribution is 2.38. The number of benzene rings is 2. The van der Waals surface area contributed by atoms with Gasteiger partial charge in [0.25, 0.3) is 0 Å². The number of ketones is 1. The molecule has 2 aromatic carbocycles. The number of halogens is 1. The van der Waals surface area contributed by atoms with Gasteiger partial charge in [-0.2, -0.15) is 0 Å². The van der Waals surface area contributed by atoms with E-state index in [0.29, 0.717) is 5.69 Å². The number of aliphatic carboxylic acids is 1. The first-order chi connectivity index (χ1) is 15.3. The quantitative estimate of drug-likeness (QED) is 0.489. The molecule has 0 saturated carbocycles. The van der Waals surface area contributed by atoms with Crippen molar-refractivity contribution in [3.8, 4) is 22.3 Å². The van der Waals surface area contributed by atoms with Crippen LogP contribution in [0.25, 0.3) is 28.3 Å². The lowest BCUT2D eigenvalue weighted by molar-refractivity contribution is -0.140. The second-order valence-corrected chi connectivity index (χ2v) is 7.56.